The average Bonchev–Trinajstić information content (AvgIpc) is 3.58. The quantitative estimate of drug-likeness (QED) is 0.362. The number of likely N-dealkylation sites (N-methyl/N-ethyl adjacent to an activating group) is 1. The Morgan fingerprint density at radius 1 is 1.00 bits per heavy atom. The molecule has 9 nitrogen and oxygen atoms in total. The summed E-state index contributed by atoms with van der Waals surface area (Å²) >= 11 is 0. The molecule has 4 aromatic heterocycles. The summed E-state index contributed by atoms with van der Waals surface area (Å²) in [6.07, 6.45) is 5.97. The van der Waals surface area contributed by atoms with Gasteiger partial charge in [-0.15, -0.1) is 0 Å². The number of aromatic nitrogens is 6. The van der Waals surface area contributed by atoms with E-state index in [4.69, 9.17) is 14.7 Å². The minimum atomic E-state index is -0.419. The number of hydrogen-bond acceptors (Lipinski definition) is 8. The van der Waals surface area contributed by atoms with E-state index < -0.39 is 5.82 Å². The Bertz CT molecular complexity index is 1420. The molecule has 0 spiro atoms. The molecule has 192 valence electrons. The highest BCUT2D eigenvalue weighted by Crippen LogP contribution is 2.31. The molecule has 2 aliphatic rings. The number of piperazine rings is 1. The van der Waals surface area contributed by atoms with E-state index in [9.17, 15) is 4.39 Å². The van der Waals surface area contributed by atoms with Crippen molar-refractivity contribution in [3.8, 4) is 17.4 Å². The van der Waals surface area contributed by atoms with Crippen molar-refractivity contribution in [2.45, 2.75) is 52.4 Å². The summed E-state index contributed by atoms with van der Waals surface area (Å²) in [5, 5.41) is 0. The molecular weight excluding hydrogens is 471 g/mol. The topological polar surface area (TPSA) is 85.1 Å². The highest BCUT2D eigenvalue weighted by molar-refractivity contribution is 5.79. The highest BCUT2D eigenvalue weighted by atomic mass is 19.1. The lowest BCUT2D eigenvalue weighted by Crippen LogP contribution is -2.45. The average molecular weight is 503 g/mol. The van der Waals surface area contributed by atoms with Crippen LogP contribution >= 0.6 is 0 Å². The molecule has 4 aromatic rings. The van der Waals surface area contributed by atoms with Crippen LogP contribution in [-0.2, 0) is 13.1 Å². The zero-order valence-electron chi connectivity index (χ0n) is 21.4. The van der Waals surface area contributed by atoms with E-state index in [2.05, 4.69) is 43.8 Å². The van der Waals surface area contributed by atoms with Crippen LogP contribution < -0.4 is 4.74 Å². The number of aryl methyl sites for hydroxylation is 1. The summed E-state index contributed by atoms with van der Waals surface area (Å²) in [7, 11) is 0. The first-order chi connectivity index (χ1) is 18.0. The van der Waals surface area contributed by atoms with Gasteiger partial charge >= 0.3 is 6.01 Å². The molecule has 6 rings (SSSR count). The van der Waals surface area contributed by atoms with Crippen LogP contribution in [0.25, 0.3) is 22.6 Å². The Hall–Kier alpha value is -3.50. The molecule has 2 atom stereocenters. The van der Waals surface area contributed by atoms with E-state index in [1.54, 1.807) is 6.20 Å². The van der Waals surface area contributed by atoms with Crippen molar-refractivity contribution in [3.63, 3.8) is 0 Å². The summed E-state index contributed by atoms with van der Waals surface area (Å²) in [6.45, 7) is 11.2. The van der Waals surface area contributed by atoms with E-state index in [1.165, 1.54) is 18.7 Å². The third-order valence-electron chi connectivity index (χ3n) is 7.45. The van der Waals surface area contributed by atoms with Gasteiger partial charge in [-0.2, -0.15) is 9.97 Å². The lowest BCUT2D eigenvalue weighted by Gasteiger charge is -2.33. The summed E-state index contributed by atoms with van der Waals surface area (Å²) in [5.41, 5.74) is 4.63. The van der Waals surface area contributed by atoms with E-state index in [-0.39, 0.29) is 0 Å². The summed E-state index contributed by atoms with van der Waals surface area (Å²) < 4.78 is 21.6. The maximum atomic E-state index is 14.1. The van der Waals surface area contributed by atoms with Crippen LogP contribution in [0.2, 0.25) is 0 Å². The minimum Gasteiger partial charge on any atom is -0.464 e. The second kappa shape index (κ2) is 9.75. The molecule has 0 aliphatic carbocycles. The summed E-state index contributed by atoms with van der Waals surface area (Å²) in [4.78, 5) is 27.8. The van der Waals surface area contributed by atoms with Crippen LogP contribution in [0, 0.1) is 12.7 Å². The monoisotopic (exact) mass is 502 g/mol. The van der Waals surface area contributed by atoms with Crippen LogP contribution in [0.3, 0.4) is 0 Å². The SMILES string of the molecule is CCOc1nc(C)c2nc(-c3cncc(F)c3)n(Cc3ccc(CN4CC5CC4CN5CC)nc3)c2n1. The second-order valence-electron chi connectivity index (χ2n) is 9.83. The first kappa shape index (κ1) is 23.9. The fourth-order valence-electron chi connectivity index (χ4n) is 5.66. The molecule has 0 N–H and O–H groups in total. The maximum absolute atomic E-state index is 14.1. The van der Waals surface area contributed by atoms with Gasteiger partial charge in [0, 0.05) is 49.7 Å². The molecule has 10 heteroatoms. The molecule has 0 amide bonds. The van der Waals surface area contributed by atoms with E-state index in [0.717, 1.165) is 37.4 Å². The molecule has 2 fully saturated rings. The molecular formula is C27H31FN8O. The smallest absolute Gasteiger partial charge is 0.318 e. The molecule has 2 aliphatic heterocycles. The molecule has 2 saturated heterocycles. The van der Waals surface area contributed by atoms with Gasteiger partial charge in [0.1, 0.15) is 17.2 Å². The normalized spacial score (nSPS) is 19.8. The molecule has 0 saturated carbocycles. The zero-order chi connectivity index (χ0) is 25.5. The second-order valence-corrected chi connectivity index (χ2v) is 9.83. The van der Waals surface area contributed by atoms with Gasteiger partial charge in [0.2, 0.25) is 0 Å². The standard InChI is InChI=1S/C27H31FN8O/c1-4-34-15-23-9-22(34)16-35(23)14-21-7-6-18(10-30-21)13-36-25(19-8-20(28)12-29-11-19)32-24-17(3)31-27(37-5-2)33-26(24)36/h6-8,10-12,22-23H,4-5,9,13-16H2,1-3H3. The van der Waals surface area contributed by atoms with Gasteiger partial charge in [0.05, 0.1) is 30.7 Å². The predicted octanol–water partition coefficient (Wildman–Crippen LogP) is 3.46. The number of hydrogen-bond donors (Lipinski definition) is 0. The molecule has 0 aromatic carbocycles. The number of fused-ring (bicyclic) bond motifs is 3. The van der Waals surface area contributed by atoms with E-state index in [1.807, 2.05) is 24.6 Å². The molecule has 2 unspecified atom stereocenters. The number of nitrogens with zero attached hydrogens (tertiary/aromatic N) is 8. The third kappa shape index (κ3) is 4.55. The van der Waals surface area contributed by atoms with Gasteiger partial charge in [0.25, 0.3) is 0 Å². The van der Waals surface area contributed by atoms with Crippen LogP contribution in [0.1, 0.15) is 37.2 Å². The van der Waals surface area contributed by atoms with Crippen LogP contribution in [0.4, 0.5) is 4.39 Å². The van der Waals surface area contributed by atoms with Gasteiger partial charge in [-0.05, 0) is 44.5 Å². The Morgan fingerprint density at radius 3 is 2.54 bits per heavy atom. The molecule has 2 bridgehead atoms. The largest absolute Gasteiger partial charge is 0.464 e. The summed E-state index contributed by atoms with van der Waals surface area (Å²) in [5.74, 6) is 0.156. The van der Waals surface area contributed by atoms with Crippen molar-refractivity contribution in [3.05, 3.63) is 59.6 Å². The Balaban J connectivity index is 1.29. The van der Waals surface area contributed by atoms with Crippen molar-refractivity contribution in [2.24, 2.45) is 0 Å². The summed E-state index contributed by atoms with van der Waals surface area (Å²) in [6, 6.07) is 7.26. The van der Waals surface area contributed by atoms with Gasteiger partial charge in [-0.3, -0.25) is 19.8 Å². The third-order valence-corrected chi connectivity index (χ3v) is 7.45. The fraction of sp³-hybridized carbons (Fsp3) is 0.444. The van der Waals surface area contributed by atoms with Crippen molar-refractivity contribution < 1.29 is 9.13 Å². The van der Waals surface area contributed by atoms with Crippen LogP contribution in [0.15, 0.2) is 36.8 Å². The van der Waals surface area contributed by atoms with Crippen molar-refractivity contribution in [2.75, 3.05) is 26.2 Å². The number of pyridine rings is 2. The van der Waals surface area contributed by atoms with Crippen LogP contribution in [-0.4, -0.2) is 77.6 Å². The first-order valence-electron chi connectivity index (χ1n) is 12.9. The molecule has 0 radical (unpaired) electrons. The Labute approximate surface area is 215 Å². The number of likely N-dealkylation sites (tertiary alicyclic amines) is 2. The van der Waals surface area contributed by atoms with Gasteiger partial charge in [0.15, 0.2) is 5.65 Å². The van der Waals surface area contributed by atoms with Crippen molar-refractivity contribution in [1.29, 1.82) is 0 Å². The maximum Gasteiger partial charge on any atom is 0.318 e. The first-order valence-corrected chi connectivity index (χ1v) is 12.9. The van der Waals surface area contributed by atoms with Gasteiger partial charge in [-0.25, -0.2) is 9.37 Å². The number of ether oxygens (including phenoxy) is 1. The minimum absolute atomic E-state index is 0.299. The molecule has 37 heavy (non-hydrogen) atoms. The highest BCUT2D eigenvalue weighted by Gasteiger charge is 2.42. The van der Waals surface area contributed by atoms with Crippen molar-refractivity contribution in [1.82, 2.24) is 39.3 Å². The number of halogens is 1. The lowest BCUT2D eigenvalue weighted by molar-refractivity contribution is 0.126. The number of rotatable bonds is 8. The van der Waals surface area contributed by atoms with E-state index in [0.29, 0.717) is 59.5 Å². The van der Waals surface area contributed by atoms with Gasteiger partial charge in [-0.1, -0.05) is 13.0 Å². The van der Waals surface area contributed by atoms with Gasteiger partial charge < -0.3 is 9.30 Å². The lowest BCUT2D eigenvalue weighted by atomic mass is 10.2. The Morgan fingerprint density at radius 2 is 1.84 bits per heavy atom. The van der Waals surface area contributed by atoms with Crippen molar-refractivity contribution >= 4 is 11.2 Å². The number of imidazole rings is 1. The van der Waals surface area contributed by atoms with Crippen LogP contribution in [0.5, 0.6) is 6.01 Å². The zero-order valence-corrected chi connectivity index (χ0v) is 21.4. The van der Waals surface area contributed by atoms with E-state index >= 15 is 0 Å². The molecule has 6 heterocycles. The fourth-order valence-corrected chi connectivity index (χ4v) is 5.66. The predicted molar refractivity (Wildman–Crippen MR) is 138 cm³/mol. The Kier molecular flexibility index (Phi) is 6.29.